The molecule has 1 aromatic carbocycles. The third-order valence-corrected chi connectivity index (χ3v) is 5.41. The van der Waals surface area contributed by atoms with Crippen LogP contribution in [0.25, 0.3) is 12.2 Å². The number of nitrogen functional groups attached to an aromatic ring is 1. The summed E-state index contributed by atoms with van der Waals surface area (Å²) >= 11 is 6.29. The first-order valence-corrected chi connectivity index (χ1v) is 9.72. The second kappa shape index (κ2) is 9.48. The number of hydrogen-bond donors (Lipinski definition) is 5. The number of nitrogens with zero attached hydrogens (tertiary/aromatic N) is 2. The number of methoxy groups -OCH3 is 2. The fraction of sp³-hybridized carbons (Fsp3) is 0.400. The SMILES string of the molecule is COc1ccc(C=Cc2c(Cl)nc(N)nc2N[C@@H]2C[C@H](CO)[C@@H](O)[C@H]2O)cc1OC. The minimum Gasteiger partial charge on any atom is -0.493 e. The van der Waals surface area contributed by atoms with Gasteiger partial charge in [-0.3, -0.25) is 0 Å². The lowest BCUT2D eigenvalue weighted by molar-refractivity contribution is 0.00445. The van der Waals surface area contributed by atoms with E-state index < -0.39 is 24.2 Å². The van der Waals surface area contributed by atoms with Crippen LogP contribution in [0.1, 0.15) is 17.5 Å². The van der Waals surface area contributed by atoms with E-state index in [-0.39, 0.29) is 17.7 Å². The summed E-state index contributed by atoms with van der Waals surface area (Å²) < 4.78 is 10.6. The Labute approximate surface area is 179 Å². The molecule has 9 nitrogen and oxygen atoms in total. The van der Waals surface area contributed by atoms with E-state index in [1.165, 1.54) is 0 Å². The first-order valence-electron chi connectivity index (χ1n) is 9.34. The van der Waals surface area contributed by atoms with Crippen LogP contribution in [-0.2, 0) is 0 Å². The van der Waals surface area contributed by atoms with Crippen LogP contribution in [0.5, 0.6) is 11.5 Å². The summed E-state index contributed by atoms with van der Waals surface area (Å²) in [5, 5.41) is 32.9. The van der Waals surface area contributed by atoms with Gasteiger partial charge >= 0.3 is 0 Å². The molecule has 1 aromatic heterocycles. The van der Waals surface area contributed by atoms with E-state index in [9.17, 15) is 15.3 Å². The highest BCUT2D eigenvalue weighted by Gasteiger charge is 2.41. The van der Waals surface area contributed by atoms with Crippen molar-refractivity contribution >= 4 is 35.5 Å². The fourth-order valence-corrected chi connectivity index (χ4v) is 3.72. The number of benzene rings is 1. The Morgan fingerprint density at radius 2 is 1.90 bits per heavy atom. The number of nitrogens with two attached hydrogens (primary N) is 1. The van der Waals surface area contributed by atoms with E-state index in [4.69, 9.17) is 26.8 Å². The zero-order valence-electron chi connectivity index (χ0n) is 16.6. The molecule has 0 spiro atoms. The Kier molecular flexibility index (Phi) is 6.99. The van der Waals surface area contributed by atoms with E-state index in [1.54, 1.807) is 38.5 Å². The number of halogens is 1. The summed E-state index contributed by atoms with van der Waals surface area (Å²) in [6.45, 7) is -0.227. The highest BCUT2D eigenvalue weighted by atomic mass is 35.5. The summed E-state index contributed by atoms with van der Waals surface area (Å²) in [7, 11) is 3.12. The molecule has 4 atom stereocenters. The molecule has 1 aliphatic carbocycles. The van der Waals surface area contributed by atoms with Crippen molar-refractivity contribution in [3.8, 4) is 11.5 Å². The van der Waals surface area contributed by atoms with Crippen molar-refractivity contribution in [2.75, 3.05) is 31.9 Å². The van der Waals surface area contributed by atoms with Crippen molar-refractivity contribution in [3.05, 3.63) is 34.5 Å². The molecular weight excluding hydrogens is 412 g/mol. The van der Waals surface area contributed by atoms with Crippen molar-refractivity contribution in [1.82, 2.24) is 9.97 Å². The molecule has 1 aliphatic rings. The average molecular weight is 437 g/mol. The van der Waals surface area contributed by atoms with E-state index in [0.717, 1.165) is 5.56 Å². The first-order chi connectivity index (χ1) is 14.4. The fourth-order valence-electron chi connectivity index (χ4n) is 3.48. The standard InChI is InChI=1S/C20H25ClN4O5/c1-29-14-6-4-10(7-15(14)30-2)3-5-12-18(21)24-20(22)25-19(12)23-13-8-11(9-26)16(27)17(13)28/h3-7,11,13,16-17,26-28H,8-9H2,1-2H3,(H3,22,23,24,25)/t11-,13-,16-,17+/m1/s1. The molecule has 1 heterocycles. The molecule has 162 valence electrons. The van der Waals surface area contributed by atoms with Crippen molar-refractivity contribution in [2.24, 2.45) is 5.92 Å². The normalized spacial score (nSPS) is 23.7. The number of anilines is 2. The van der Waals surface area contributed by atoms with Gasteiger partial charge < -0.3 is 35.8 Å². The number of nitrogens with one attached hydrogen (secondary N) is 1. The molecule has 10 heteroatoms. The molecular formula is C20H25ClN4O5. The summed E-state index contributed by atoms with van der Waals surface area (Å²) in [5.74, 6) is 1.04. The van der Waals surface area contributed by atoms with Crippen molar-refractivity contribution in [2.45, 2.75) is 24.7 Å². The smallest absolute Gasteiger partial charge is 0.223 e. The minimum atomic E-state index is -1.07. The van der Waals surface area contributed by atoms with Crippen LogP contribution in [0.3, 0.4) is 0 Å². The average Bonchev–Trinajstić information content (AvgIpc) is 3.00. The highest BCUT2D eigenvalue weighted by molar-refractivity contribution is 6.31. The van der Waals surface area contributed by atoms with Gasteiger partial charge in [0, 0.05) is 12.5 Å². The number of hydrogen-bond acceptors (Lipinski definition) is 9. The lowest BCUT2D eigenvalue weighted by Gasteiger charge is -2.20. The summed E-state index contributed by atoms with van der Waals surface area (Å²) in [4.78, 5) is 8.19. The van der Waals surface area contributed by atoms with Crippen LogP contribution in [-0.4, -0.2) is 64.4 Å². The third-order valence-electron chi connectivity index (χ3n) is 5.12. The highest BCUT2D eigenvalue weighted by Crippen LogP contribution is 2.32. The summed E-state index contributed by atoms with van der Waals surface area (Å²) in [5.41, 5.74) is 7.03. The van der Waals surface area contributed by atoms with Crippen molar-refractivity contribution in [3.63, 3.8) is 0 Å². The van der Waals surface area contributed by atoms with Gasteiger partial charge in [0.2, 0.25) is 5.95 Å². The van der Waals surface area contributed by atoms with Gasteiger partial charge in [-0.05, 0) is 30.2 Å². The zero-order valence-corrected chi connectivity index (χ0v) is 17.4. The number of aliphatic hydroxyl groups excluding tert-OH is 3. The summed E-state index contributed by atoms with van der Waals surface area (Å²) in [6.07, 6.45) is 1.77. The number of rotatable bonds is 7. The van der Waals surface area contributed by atoms with E-state index >= 15 is 0 Å². The Bertz CT molecular complexity index is 926. The predicted molar refractivity (Wildman–Crippen MR) is 115 cm³/mol. The van der Waals surface area contributed by atoms with Gasteiger partial charge in [0.05, 0.1) is 31.9 Å². The lowest BCUT2D eigenvalue weighted by atomic mass is 10.1. The predicted octanol–water partition coefficient (Wildman–Crippen LogP) is 1.41. The van der Waals surface area contributed by atoms with E-state index in [1.807, 2.05) is 6.07 Å². The molecule has 0 aliphatic heterocycles. The van der Waals surface area contributed by atoms with Crippen LogP contribution in [0, 0.1) is 5.92 Å². The van der Waals surface area contributed by atoms with Crippen molar-refractivity contribution in [1.29, 1.82) is 0 Å². The van der Waals surface area contributed by atoms with Crippen molar-refractivity contribution < 1.29 is 24.8 Å². The van der Waals surface area contributed by atoms with E-state index in [0.29, 0.717) is 29.3 Å². The molecule has 3 rings (SSSR count). The maximum absolute atomic E-state index is 10.3. The minimum absolute atomic E-state index is 0.0301. The summed E-state index contributed by atoms with van der Waals surface area (Å²) in [6, 6.07) is 4.90. The van der Waals surface area contributed by atoms with Crippen LogP contribution >= 0.6 is 11.6 Å². The van der Waals surface area contributed by atoms with Crippen LogP contribution in [0.15, 0.2) is 18.2 Å². The molecule has 2 aromatic rings. The number of ether oxygens (including phenoxy) is 2. The van der Waals surface area contributed by atoms with Gasteiger partial charge in [0.1, 0.15) is 17.1 Å². The molecule has 0 amide bonds. The second-order valence-corrected chi connectivity index (χ2v) is 7.35. The maximum atomic E-state index is 10.3. The zero-order chi connectivity index (χ0) is 21.8. The Hall–Kier alpha value is -2.59. The van der Waals surface area contributed by atoms with Crippen LogP contribution < -0.4 is 20.5 Å². The van der Waals surface area contributed by atoms with Crippen LogP contribution in [0.4, 0.5) is 11.8 Å². The maximum Gasteiger partial charge on any atom is 0.223 e. The number of aromatic nitrogens is 2. The number of aliphatic hydroxyl groups is 3. The third kappa shape index (κ3) is 4.59. The Balaban J connectivity index is 1.89. The van der Waals surface area contributed by atoms with E-state index in [2.05, 4.69) is 15.3 Å². The quantitative estimate of drug-likeness (QED) is 0.407. The Morgan fingerprint density at radius 3 is 2.53 bits per heavy atom. The second-order valence-electron chi connectivity index (χ2n) is 6.99. The largest absolute Gasteiger partial charge is 0.493 e. The molecule has 1 fully saturated rings. The van der Waals surface area contributed by atoms with Gasteiger partial charge in [0.25, 0.3) is 0 Å². The molecule has 0 bridgehead atoms. The van der Waals surface area contributed by atoms with Gasteiger partial charge in [-0.2, -0.15) is 4.98 Å². The molecule has 1 saturated carbocycles. The topological polar surface area (TPSA) is 143 Å². The molecule has 30 heavy (non-hydrogen) atoms. The van der Waals surface area contributed by atoms with Gasteiger partial charge in [-0.25, -0.2) is 4.98 Å². The molecule has 6 N–H and O–H groups in total. The van der Waals surface area contributed by atoms with Gasteiger partial charge in [-0.1, -0.05) is 23.7 Å². The molecule has 0 radical (unpaired) electrons. The van der Waals surface area contributed by atoms with Crippen LogP contribution in [0.2, 0.25) is 5.15 Å². The monoisotopic (exact) mass is 436 g/mol. The first kappa shape index (κ1) is 22.1. The lowest BCUT2D eigenvalue weighted by Crippen LogP contribution is -2.35. The van der Waals surface area contributed by atoms with Gasteiger partial charge in [0.15, 0.2) is 11.5 Å². The van der Waals surface area contributed by atoms with Gasteiger partial charge in [-0.15, -0.1) is 0 Å². The molecule has 0 unspecified atom stereocenters. The Morgan fingerprint density at radius 1 is 1.17 bits per heavy atom. The molecule has 0 saturated heterocycles.